The van der Waals surface area contributed by atoms with E-state index in [2.05, 4.69) is 34.5 Å². The molecule has 29 heavy (non-hydrogen) atoms. The van der Waals surface area contributed by atoms with Crippen molar-refractivity contribution in [2.45, 2.75) is 26.2 Å². The Morgan fingerprint density at radius 1 is 1.34 bits per heavy atom. The highest BCUT2D eigenvalue weighted by molar-refractivity contribution is 9.10. The highest BCUT2D eigenvalue weighted by Gasteiger charge is 2.16. The molecule has 5 nitrogen and oxygen atoms in total. The van der Waals surface area contributed by atoms with E-state index in [1.807, 2.05) is 19.1 Å². The fraction of sp³-hybridized carbons (Fsp3) is 0.227. The van der Waals surface area contributed by atoms with Crippen molar-refractivity contribution in [2.24, 2.45) is 5.10 Å². The van der Waals surface area contributed by atoms with Gasteiger partial charge in [-0.1, -0.05) is 54.0 Å². The molecule has 0 aliphatic rings. The maximum Gasteiger partial charge on any atom is 0.282 e. The summed E-state index contributed by atoms with van der Waals surface area (Å²) in [7, 11) is 0. The molecule has 2 aromatic carbocycles. The Balaban J connectivity index is 2.16. The number of benzene rings is 2. The smallest absolute Gasteiger partial charge is 0.282 e. The lowest BCUT2D eigenvalue weighted by Gasteiger charge is -2.14. The fourth-order valence-electron chi connectivity index (χ4n) is 2.80. The van der Waals surface area contributed by atoms with Crippen LogP contribution in [0.1, 0.15) is 37.6 Å². The van der Waals surface area contributed by atoms with Crippen LogP contribution >= 0.6 is 27.5 Å². The summed E-state index contributed by atoms with van der Waals surface area (Å²) in [5.74, 6) is 1.27. The van der Waals surface area contributed by atoms with E-state index >= 15 is 0 Å². The van der Waals surface area contributed by atoms with Crippen molar-refractivity contribution in [3.8, 4) is 5.75 Å². The molecule has 0 aliphatic heterocycles. The zero-order valence-electron chi connectivity index (χ0n) is 16.2. The average Bonchev–Trinajstić information content (AvgIpc) is 2.72. The van der Waals surface area contributed by atoms with Gasteiger partial charge in [0.15, 0.2) is 0 Å². The summed E-state index contributed by atoms with van der Waals surface area (Å²) in [5.41, 5.74) is 1.09. The molecular weight excluding hydrogens is 454 g/mol. The normalized spacial score (nSPS) is 12.4. The van der Waals surface area contributed by atoms with E-state index in [4.69, 9.17) is 21.3 Å². The van der Waals surface area contributed by atoms with Crippen LogP contribution in [0.3, 0.4) is 0 Å². The molecule has 3 rings (SSSR count). The number of ether oxygens (including phenoxy) is 1. The predicted octanol–water partition coefficient (Wildman–Crippen LogP) is 5.77. The third kappa shape index (κ3) is 4.77. The molecule has 0 aliphatic carbocycles. The van der Waals surface area contributed by atoms with Gasteiger partial charge in [-0.25, -0.2) is 4.98 Å². The Hall–Kier alpha value is -2.44. The van der Waals surface area contributed by atoms with E-state index in [0.717, 1.165) is 10.9 Å². The molecule has 1 aromatic heterocycles. The van der Waals surface area contributed by atoms with Crippen molar-refractivity contribution >= 4 is 44.6 Å². The SMILES string of the molecule is C=CCOc1ccc(Cl)cc1C=Nn1c([C@@H](C)CC)nc2ccc(Br)cc2c1=O. The van der Waals surface area contributed by atoms with Crippen LogP contribution in [0.15, 0.2) is 63.4 Å². The minimum Gasteiger partial charge on any atom is -0.489 e. The van der Waals surface area contributed by atoms with Crippen LogP contribution in [0, 0.1) is 0 Å². The Morgan fingerprint density at radius 2 is 2.14 bits per heavy atom. The third-order valence-corrected chi connectivity index (χ3v) is 5.26. The second-order valence-corrected chi connectivity index (χ2v) is 7.94. The van der Waals surface area contributed by atoms with Crippen LogP contribution in [-0.2, 0) is 0 Å². The highest BCUT2D eigenvalue weighted by atomic mass is 79.9. The predicted molar refractivity (Wildman–Crippen MR) is 123 cm³/mol. The largest absolute Gasteiger partial charge is 0.489 e. The van der Waals surface area contributed by atoms with Gasteiger partial charge in [0.2, 0.25) is 0 Å². The zero-order valence-corrected chi connectivity index (χ0v) is 18.6. The summed E-state index contributed by atoms with van der Waals surface area (Å²) < 4.78 is 7.84. The van der Waals surface area contributed by atoms with Gasteiger partial charge in [-0.2, -0.15) is 9.78 Å². The maximum atomic E-state index is 13.2. The summed E-state index contributed by atoms with van der Waals surface area (Å²) in [4.78, 5) is 17.9. The van der Waals surface area contributed by atoms with E-state index < -0.39 is 0 Å². The molecule has 3 aromatic rings. The van der Waals surface area contributed by atoms with Gasteiger partial charge in [0.1, 0.15) is 18.2 Å². The second-order valence-electron chi connectivity index (χ2n) is 6.58. The topological polar surface area (TPSA) is 56.5 Å². The standard InChI is InChI=1S/C22H21BrClN3O2/c1-4-10-29-20-9-7-17(24)11-15(20)13-25-27-21(14(3)5-2)26-19-8-6-16(23)12-18(19)22(27)28/h4,6-9,11-14H,1,5,10H2,2-3H3/t14-/m0/s1. The Morgan fingerprint density at radius 3 is 2.86 bits per heavy atom. The first-order chi connectivity index (χ1) is 13.9. The summed E-state index contributed by atoms with van der Waals surface area (Å²) in [6.07, 6.45) is 4.06. The number of fused-ring (bicyclic) bond motifs is 1. The van der Waals surface area contributed by atoms with Gasteiger partial charge < -0.3 is 4.74 Å². The molecule has 0 unspecified atom stereocenters. The van der Waals surface area contributed by atoms with Crippen LogP contribution in [0.2, 0.25) is 5.02 Å². The molecule has 1 heterocycles. The average molecular weight is 475 g/mol. The Labute approximate surface area is 182 Å². The van der Waals surface area contributed by atoms with Gasteiger partial charge >= 0.3 is 0 Å². The summed E-state index contributed by atoms with van der Waals surface area (Å²) in [6.45, 7) is 8.09. The molecule has 0 amide bonds. The van der Waals surface area contributed by atoms with E-state index in [1.54, 1.807) is 36.6 Å². The molecule has 0 radical (unpaired) electrons. The molecule has 7 heteroatoms. The summed E-state index contributed by atoms with van der Waals surface area (Å²) >= 11 is 9.56. The van der Waals surface area contributed by atoms with Crippen molar-refractivity contribution in [1.82, 2.24) is 9.66 Å². The lowest BCUT2D eigenvalue weighted by molar-refractivity contribution is 0.362. The van der Waals surface area contributed by atoms with E-state index in [9.17, 15) is 4.79 Å². The molecule has 150 valence electrons. The molecular formula is C22H21BrClN3O2. The number of aromatic nitrogens is 2. The summed E-state index contributed by atoms with van der Waals surface area (Å²) in [5, 5.41) is 5.52. The van der Waals surface area contributed by atoms with Gasteiger partial charge in [0.05, 0.1) is 17.1 Å². The number of nitrogens with zero attached hydrogens (tertiary/aromatic N) is 3. The van der Waals surface area contributed by atoms with Gasteiger partial charge in [0.25, 0.3) is 5.56 Å². The molecule has 1 atom stereocenters. The molecule has 0 fully saturated rings. The quantitative estimate of drug-likeness (QED) is 0.322. The zero-order chi connectivity index (χ0) is 21.0. The molecule has 0 saturated carbocycles. The van der Waals surface area contributed by atoms with Crippen LogP contribution in [0.4, 0.5) is 0 Å². The Kier molecular flexibility index (Phi) is 6.87. The van der Waals surface area contributed by atoms with Gasteiger partial charge in [-0.15, -0.1) is 0 Å². The fourth-order valence-corrected chi connectivity index (χ4v) is 3.34. The first-order valence-corrected chi connectivity index (χ1v) is 10.4. The summed E-state index contributed by atoms with van der Waals surface area (Å²) in [6, 6.07) is 10.7. The molecule has 0 N–H and O–H groups in total. The van der Waals surface area contributed by atoms with Crippen molar-refractivity contribution in [2.75, 3.05) is 6.61 Å². The van der Waals surface area contributed by atoms with E-state index in [-0.39, 0.29) is 11.5 Å². The van der Waals surface area contributed by atoms with Crippen molar-refractivity contribution in [1.29, 1.82) is 0 Å². The van der Waals surface area contributed by atoms with Crippen LogP contribution in [0.5, 0.6) is 5.75 Å². The first kappa shape index (κ1) is 21.3. The van der Waals surface area contributed by atoms with Gasteiger partial charge in [0, 0.05) is 21.0 Å². The monoisotopic (exact) mass is 473 g/mol. The first-order valence-electron chi connectivity index (χ1n) is 9.24. The van der Waals surface area contributed by atoms with Gasteiger partial charge in [-0.05, 0) is 42.8 Å². The molecule has 0 bridgehead atoms. The number of halogens is 2. The second kappa shape index (κ2) is 9.37. The van der Waals surface area contributed by atoms with E-state index in [0.29, 0.717) is 39.7 Å². The maximum absolute atomic E-state index is 13.2. The van der Waals surface area contributed by atoms with Crippen LogP contribution in [0.25, 0.3) is 10.9 Å². The van der Waals surface area contributed by atoms with Gasteiger partial charge in [-0.3, -0.25) is 4.79 Å². The lowest BCUT2D eigenvalue weighted by Crippen LogP contribution is -2.23. The number of hydrogen-bond acceptors (Lipinski definition) is 4. The molecule has 0 spiro atoms. The molecule has 0 saturated heterocycles. The number of rotatable bonds is 7. The van der Waals surface area contributed by atoms with Crippen molar-refractivity contribution < 1.29 is 4.74 Å². The van der Waals surface area contributed by atoms with Crippen molar-refractivity contribution in [3.05, 3.63) is 80.3 Å². The Bertz CT molecular complexity index is 1140. The minimum absolute atomic E-state index is 0.0590. The number of hydrogen-bond donors (Lipinski definition) is 0. The van der Waals surface area contributed by atoms with Crippen LogP contribution < -0.4 is 10.3 Å². The highest BCUT2D eigenvalue weighted by Crippen LogP contribution is 2.23. The van der Waals surface area contributed by atoms with Crippen LogP contribution in [-0.4, -0.2) is 22.5 Å². The third-order valence-electron chi connectivity index (χ3n) is 4.53. The van der Waals surface area contributed by atoms with Crippen molar-refractivity contribution in [3.63, 3.8) is 0 Å². The minimum atomic E-state index is -0.224. The van der Waals surface area contributed by atoms with E-state index in [1.165, 1.54) is 4.68 Å². The lowest BCUT2D eigenvalue weighted by atomic mass is 10.1.